The lowest BCUT2D eigenvalue weighted by Crippen LogP contribution is -2.33. The Balaban J connectivity index is 1.42. The molecule has 1 aliphatic rings. The van der Waals surface area contributed by atoms with E-state index in [4.69, 9.17) is 4.98 Å². The van der Waals surface area contributed by atoms with Gasteiger partial charge in [-0.15, -0.1) is 11.3 Å². The van der Waals surface area contributed by atoms with Gasteiger partial charge in [0, 0.05) is 22.5 Å². The van der Waals surface area contributed by atoms with E-state index in [0.717, 1.165) is 47.8 Å². The number of nitrogens with zero attached hydrogens (tertiary/aromatic N) is 2. The number of carbonyl (C=O) groups excluding carboxylic acids is 1. The smallest absolute Gasteiger partial charge is 0.275 e. The lowest BCUT2D eigenvalue weighted by Gasteiger charge is -2.30. The summed E-state index contributed by atoms with van der Waals surface area (Å²) in [5.41, 5.74) is 4.67. The SMILES string of the molecule is CCCCN1CCC(c2nc(C(=O)Nc3ccccc3-c3ccc(C)cc3)cs2)CC1. The Morgan fingerprint density at radius 3 is 2.61 bits per heavy atom. The Bertz CT molecular complexity index is 1000. The maximum Gasteiger partial charge on any atom is 0.275 e. The van der Waals surface area contributed by atoms with Gasteiger partial charge in [0.05, 0.1) is 5.01 Å². The molecule has 2 aromatic carbocycles. The molecule has 1 saturated heterocycles. The van der Waals surface area contributed by atoms with Gasteiger partial charge in [-0.2, -0.15) is 0 Å². The number of unbranched alkanes of at least 4 members (excludes halogenated alkanes) is 1. The number of hydrogen-bond acceptors (Lipinski definition) is 4. The zero-order valence-electron chi connectivity index (χ0n) is 18.4. The predicted octanol–water partition coefficient (Wildman–Crippen LogP) is 6.35. The summed E-state index contributed by atoms with van der Waals surface area (Å²) < 4.78 is 0. The van der Waals surface area contributed by atoms with Crippen molar-refractivity contribution in [2.75, 3.05) is 25.0 Å². The number of likely N-dealkylation sites (tertiary alicyclic amines) is 1. The van der Waals surface area contributed by atoms with Crippen LogP contribution in [0.15, 0.2) is 53.9 Å². The van der Waals surface area contributed by atoms with E-state index in [1.54, 1.807) is 11.3 Å². The van der Waals surface area contributed by atoms with Crippen LogP contribution in [-0.2, 0) is 0 Å². The molecule has 0 spiro atoms. The molecule has 0 unspecified atom stereocenters. The first-order chi connectivity index (χ1) is 15.1. The summed E-state index contributed by atoms with van der Waals surface area (Å²) in [4.78, 5) is 20.2. The number of aryl methyl sites for hydroxylation is 1. The molecule has 1 fully saturated rings. The van der Waals surface area contributed by atoms with Crippen molar-refractivity contribution in [2.24, 2.45) is 0 Å². The fourth-order valence-electron chi connectivity index (χ4n) is 4.13. The van der Waals surface area contributed by atoms with Gasteiger partial charge in [0.1, 0.15) is 5.69 Å². The second-order valence-electron chi connectivity index (χ2n) is 8.41. The highest BCUT2D eigenvalue weighted by Gasteiger charge is 2.24. The Morgan fingerprint density at radius 2 is 1.87 bits per heavy atom. The fourth-order valence-corrected chi connectivity index (χ4v) is 5.10. The molecule has 31 heavy (non-hydrogen) atoms. The summed E-state index contributed by atoms with van der Waals surface area (Å²) in [6.45, 7) is 7.79. The van der Waals surface area contributed by atoms with Crippen molar-refractivity contribution in [3.8, 4) is 11.1 Å². The third-order valence-electron chi connectivity index (χ3n) is 6.06. The van der Waals surface area contributed by atoms with E-state index in [9.17, 15) is 4.79 Å². The van der Waals surface area contributed by atoms with Gasteiger partial charge >= 0.3 is 0 Å². The van der Waals surface area contributed by atoms with Crippen LogP contribution in [0.3, 0.4) is 0 Å². The third-order valence-corrected chi connectivity index (χ3v) is 7.06. The molecule has 0 bridgehead atoms. The molecule has 4 rings (SSSR count). The van der Waals surface area contributed by atoms with Crippen LogP contribution in [0, 0.1) is 6.92 Å². The van der Waals surface area contributed by atoms with Gasteiger partial charge in [-0.1, -0.05) is 61.4 Å². The first-order valence-corrected chi connectivity index (χ1v) is 12.2. The Kier molecular flexibility index (Phi) is 7.15. The lowest BCUT2D eigenvalue weighted by molar-refractivity contribution is 0.102. The van der Waals surface area contributed by atoms with Crippen LogP contribution in [0.5, 0.6) is 0 Å². The van der Waals surface area contributed by atoms with Gasteiger partial charge < -0.3 is 10.2 Å². The van der Waals surface area contributed by atoms with Gasteiger partial charge in [-0.05, 0) is 57.5 Å². The minimum Gasteiger partial charge on any atom is -0.320 e. The van der Waals surface area contributed by atoms with E-state index in [1.807, 2.05) is 29.6 Å². The maximum atomic E-state index is 12.9. The number of para-hydroxylation sites is 1. The summed E-state index contributed by atoms with van der Waals surface area (Å²) >= 11 is 1.63. The van der Waals surface area contributed by atoms with E-state index < -0.39 is 0 Å². The molecule has 1 amide bonds. The summed E-state index contributed by atoms with van der Waals surface area (Å²) in [5, 5.41) is 6.09. The minimum absolute atomic E-state index is 0.137. The molecule has 0 saturated carbocycles. The molecule has 1 N–H and O–H groups in total. The minimum atomic E-state index is -0.137. The standard InChI is InChI=1S/C26H31N3OS/c1-3-4-15-29-16-13-21(14-17-29)26-28-24(18-31-26)25(30)27-23-8-6-5-7-22(23)20-11-9-19(2)10-12-20/h5-12,18,21H,3-4,13-17H2,1-2H3,(H,27,30). The first-order valence-electron chi connectivity index (χ1n) is 11.3. The Hall–Kier alpha value is -2.50. The number of amides is 1. The molecule has 0 radical (unpaired) electrons. The largest absolute Gasteiger partial charge is 0.320 e. The highest BCUT2D eigenvalue weighted by molar-refractivity contribution is 7.10. The number of nitrogens with one attached hydrogen (secondary N) is 1. The van der Waals surface area contributed by atoms with Gasteiger partial charge in [-0.3, -0.25) is 4.79 Å². The average molecular weight is 434 g/mol. The van der Waals surface area contributed by atoms with Crippen molar-refractivity contribution in [3.05, 3.63) is 70.2 Å². The van der Waals surface area contributed by atoms with Gasteiger partial charge in [0.15, 0.2) is 0 Å². The second kappa shape index (κ2) is 10.2. The number of piperidine rings is 1. The zero-order valence-corrected chi connectivity index (χ0v) is 19.3. The van der Waals surface area contributed by atoms with E-state index in [0.29, 0.717) is 11.6 Å². The number of rotatable bonds is 7. The van der Waals surface area contributed by atoms with Crippen LogP contribution >= 0.6 is 11.3 Å². The van der Waals surface area contributed by atoms with Crippen molar-refractivity contribution in [1.82, 2.24) is 9.88 Å². The zero-order chi connectivity index (χ0) is 21.6. The van der Waals surface area contributed by atoms with Crippen LogP contribution in [0.1, 0.15) is 59.6 Å². The van der Waals surface area contributed by atoms with Crippen LogP contribution in [0.25, 0.3) is 11.1 Å². The number of anilines is 1. The summed E-state index contributed by atoms with van der Waals surface area (Å²) in [6.07, 6.45) is 4.79. The number of hydrogen-bond donors (Lipinski definition) is 1. The molecule has 4 nitrogen and oxygen atoms in total. The number of thiazole rings is 1. The van der Waals surface area contributed by atoms with Crippen molar-refractivity contribution in [3.63, 3.8) is 0 Å². The van der Waals surface area contributed by atoms with Crippen molar-refractivity contribution < 1.29 is 4.79 Å². The monoisotopic (exact) mass is 433 g/mol. The first kappa shape index (κ1) is 21.7. The third kappa shape index (κ3) is 5.41. The van der Waals surface area contributed by atoms with E-state index in [-0.39, 0.29) is 5.91 Å². The maximum absolute atomic E-state index is 12.9. The van der Waals surface area contributed by atoms with Gasteiger partial charge in [0.2, 0.25) is 0 Å². The van der Waals surface area contributed by atoms with Crippen molar-refractivity contribution in [1.29, 1.82) is 0 Å². The topological polar surface area (TPSA) is 45.2 Å². The van der Waals surface area contributed by atoms with Crippen molar-refractivity contribution in [2.45, 2.75) is 45.4 Å². The Labute approximate surface area is 189 Å². The van der Waals surface area contributed by atoms with Gasteiger partial charge in [0.25, 0.3) is 5.91 Å². The molecule has 5 heteroatoms. The second-order valence-corrected chi connectivity index (χ2v) is 9.30. The molecule has 162 valence electrons. The molecule has 1 aromatic heterocycles. The number of benzene rings is 2. The van der Waals surface area contributed by atoms with Crippen LogP contribution in [0.2, 0.25) is 0 Å². The summed E-state index contributed by atoms with van der Waals surface area (Å²) in [7, 11) is 0. The van der Waals surface area contributed by atoms with E-state index in [1.165, 1.54) is 24.9 Å². The van der Waals surface area contributed by atoms with E-state index in [2.05, 4.69) is 48.3 Å². The van der Waals surface area contributed by atoms with E-state index >= 15 is 0 Å². The molecule has 0 atom stereocenters. The van der Waals surface area contributed by atoms with Crippen molar-refractivity contribution >= 4 is 22.9 Å². The normalized spacial score (nSPS) is 15.2. The molecular formula is C26H31N3OS. The van der Waals surface area contributed by atoms with Crippen LogP contribution < -0.4 is 5.32 Å². The Morgan fingerprint density at radius 1 is 1.13 bits per heavy atom. The number of carbonyl (C=O) groups is 1. The molecular weight excluding hydrogens is 402 g/mol. The molecule has 3 aromatic rings. The quantitative estimate of drug-likeness (QED) is 0.472. The fraction of sp³-hybridized carbons (Fsp3) is 0.385. The van der Waals surface area contributed by atoms with Gasteiger partial charge in [-0.25, -0.2) is 4.98 Å². The molecule has 2 heterocycles. The summed E-state index contributed by atoms with van der Waals surface area (Å²) in [5.74, 6) is 0.340. The number of aromatic nitrogens is 1. The highest BCUT2D eigenvalue weighted by atomic mass is 32.1. The van der Waals surface area contributed by atoms with Crippen LogP contribution in [-0.4, -0.2) is 35.4 Å². The predicted molar refractivity (Wildman–Crippen MR) is 130 cm³/mol. The lowest BCUT2D eigenvalue weighted by atomic mass is 9.97. The molecule has 0 aliphatic carbocycles. The average Bonchev–Trinajstić information content (AvgIpc) is 3.30. The summed E-state index contributed by atoms with van der Waals surface area (Å²) in [6, 6.07) is 16.3. The van der Waals surface area contributed by atoms with Crippen LogP contribution in [0.4, 0.5) is 5.69 Å². The highest BCUT2D eigenvalue weighted by Crippen LogP contribution is 2.32. The molecule has 1 aliphatic heterocycles.